The minimum Gasteiger partial charge on any atom is -0.371 e. The maximum Gasteiger partial charge on any atom is 0.0398 e. The molecule has 0 saturated carbocycles. The zero-order valence-electron chi connectivity index (χ0n) is 14.5. The summed E-state index contributed by atoms with van der Waals surface area (Å²) in [5.74, 6) is 0. The van der Waals surface area contributed by atoms with Crippen LogP contribution in [0.2, 0.25) is 0 Å². The molecule has 1 N–H and O–H groups in total. The third kappa shape index (κ3) is 4.47. The van der Waals surface area contributed by atoms with Crippen LogP contribution in [0.25, 0.3) is 0 Å². The molecule has 1 heterocycles. The molecule has 1 aromatic carbocycles. The lowest BCUT2D eigenvalue weighted by Crippen LogP contribution is -2.32. The van der Waals surface area contributed by atoms with Crippen LogP contribution in [0.4, 0.5) is 5.69 Å². The van der Waals surface area contributed by atoms with Gasteiger partial charge >= 0.3 is 0 Å². The first-order chi connectivity index (χ1) is 9.90. The van der Waals surface area contributed by atoms with Gasteiger partial charge in [-0.1, -0.05) is 39.8 Å². The molecule has 0 radical (unpaired) electrons. The third-order valence-electron chi connectivity index (χ3n) is 4.46. The fraction of sp³-hybridized carbons (Fsp3) is 0.684. The number of nitrogens with zero attached hydrogens (tertiary/aromatic N) is 1. The molecule has 1 aromatic rings. The van der Waals surface area contributed by atoms with Gasteiger partial charge in [-0.05, 0) is 55.3 Å². The molecule has 0 amide bonds. The molecule has 0 aliphatic carbocycles. The highest BCUT2D eigenvalue weighted by molar-refractivity contribution is 5.57. The standard InChI is InChI=1S/C19H32N2/c1-6-20-15(2)16-9-10-18-17(14-16)8-7-12-21(18)13-11-19(3,4)5/h9-10,14-15,20H,6-8,11-13H2,1-5H3. The van der Waals surface area contributed by atoms with Crippen LogP contribution in [-0.4, -0.2) is 19.6 Å². The number of anilines is 1. The Kier molecular flexibility index (Phi) is 5.32. The highest BCUT2D eigenvalue weighted by Crippen LogP contribution is 2.31. The molecule has 118 valence electrons. The summed E-state index contributed by atoms with van der Waals surface area (Å²) in [5.41, 5.74) is 4.85. The summed E-state index contributed by atoms with van der Waals surface area (Å²) >= 11 is 0. The van der Waals surface area contributed by atoms with Gasteiger partial charge < -0.3 is 10.2 Å². The predicted octanol–water partition coefficient (Wildman–Crippen LogP) is 4.55. The van der Waals surface area contributed by atoms with E-state index < -0.39 is 0 Å². The zero-order valence-corrected chi connectivity index (χ0v) is 14.5. The van der Waals surface area contributed by atoms with Crippen molar-refractivity contribution in [3.63, 3.8) is 0 Å². The van der Waals surface area contributed by atoms with Gasteiger partial charge in [-0.15, -0.1) is 0 Å². The number of rotatable bonds is 5. The van der Waals surface area contributed by atoms with Gasteiger partial charge in [0.05, 0.1) is 0 Å². The first-order valence-corrected chi connectivity index (χ1v) is 8.52. The van der Waals surface area contributed by atoms with Gasteiger partial charge in [-0.3, -0.25) is 0 Å². The van der Waals surface area contributed by atoms with Crippen molar-refractivity contribution in [2.45, 2.75) is 59.9 Å². The van der Waals surface area contributed by atoms with Crippen molar-refractivity contribution in [2.24, 2.45) is 5.41 Å². The van der Waals surface area contributed by atoms with E-state index in [9.17, 15) is 0 Å². The second kappa shape index (κ2) is 6.83. The Labute approximate surface area is 130 Å². The second-order valence-corrected chi connectivity index (χ2v) is 7.57. The van der Waals surface area contributed by atoms with Crippen molar-refractivity contribution < 1.29 is 0 Å². The molecule has 1 aliphatic heterocycles. The monoisotopic (exact) mass is 288 g/mol. The van der Waals surface area contributed by atoms with Gasteiger partial charge in [-0.25, -0.2) is 0 Å². The lowest BCUT2D eigenvalue weighted by molar-refractivity contribution is 0.377. The summed E-state index contributed by atoms with van der Waals surface area (Å²) in [5, 5.41) is 3.51. The Hall–Kier alpha value is -1.02. The minimum atomic E-state index is 0.414. The van der Waals surface area contributed by atoms with Crippen molar-refractivity contribution in [2.75, 3.05) is 24.5 Å². The quantitative estimate of drug-likeness (QED) is 0.855. The van der Waals surface area contributed by atoms with E-state index in [0.29, 0.717) is 11.5 Å². The predicted molar refractivity (Wildman–Crippen MR) is 93.1 cm³/mol. The van der Waals surface area contributed by atoms with Crippen molar-refractivity contribution >= 4 is 5.69 Å². The summed E-state index contributed by atoms with van der Waals surface area (Å²) in [7, 11) is 0. The summed E-state index contributed by atoms with van der Waals surface area (Å²) in [6.07, 6.45) is 3.77. The maximum absolute atomic E-state index is 3.51. The van der Waals surface area contributed by atoms with Crippen LogP contribution in [0.3, 0.4) is 0 Å². The number of hydrogen-bond acceptors (Lipinski definition) is 2. The molecule has 0 bridgehead atoms. The Bertz CT molecular complexity index is 459. The number of benzene rings is 1. The third-order valence-corrected chi connectivity index (χ3v) is 4.46. The molecule has 0 fully saturated rings. The van der Waals surface area contributed by atoms with E-state index in [2.05, 4.69) is 63.0 Å². The number of aryl methyl sites for hydroxylation is 1. The molecule has 0 aromatic heterocycles. The normalized spacial score (nSPS) is 16.7. The van der Waals surface area contributed by atoms with Gasteiger partial charge in [0.1, 0.15) is 0 Å². The van der Waals surface area contributed by atoms with Crippen molar-refractivity contribution in [3.8, 4) is 0 Å². The summed E-state index contributed by atoms with van der Waals surface area (Å²) in [4.78, 5) is 2.59. The van der Waals surface area contributed by atoms with Gasteiger partial charge in [0.2, 0.25) is 0 Å². The van der Waals surface area contributed by atoms with Crippen LogP contribution in [0.15, 0.2) is 18.2 Å². The molecule has 1 aliphatic rings. The SMILES string of the molecule is CCNC(C)c1ccc2c(c1)CCCN2CCC(C)(C)C. The molecule has 21 heavy (non-hydrogen) atoms. The summed E-state index contributed by atoms with van der Waals surface area (Å²) in [6.45, 7) is 14.8. The topological polar surface area (TPSA) is 15.3 Å². The lowest BCUT2D eigenvalue weighted by atomic mass is 9.91. The minimum absolute atomic E-state index is 0.414. The van der Waals surface area contributed by atoms with E-state index in [1.807, 2.05) is 0 Å². The second-order valence-electron chi connectivity index (χ2n) is 7.57. The molecule has 2 nitrogen and oxygen atoms in total. The number of nitrogens with one attached hydrogen (secondary N) is 1. The van der Waals surface area contributed by atoms with Crippen molar-refractivity contribution in [1.29, 1.82) is 0 Å². The van der Waals surface area contributed by atoms with Crippen molar-refractivity contribution in [3.05, 3.63) is 29.3 Å². The molecule has 2 rings (SSSR count). The van der Waals surface area contributed by atoms with E-state index in [1.54, 1.807) is 0 Å². The Morgan fingerprint density at radius 2 is 2.05 bits per heavy atom. The highest BCUT2D eigenvalue weighted by Gasteiger charge is 2.20. The Morgan fingerprint density at radius 1 is 1.29 bits per heavy atom. The molecular formula is C19H32N2. The Balaban J connectivity index is 2.13. The van der Waals surface area contributed by atoms with Crippen LogP contribution in [-0.2, 0) is 6.42 Å². The van der Waals surface area contributed by atoms with Crippen LogP contribution in [0, 0.1) is 5.41 Å². The summed E-state index contributed by atoms with van der Waals surface area (Å²) < 4.78 is 0. The zero-order chi connectivity index (χ0) is 15.5. The van der Waals surface area contributed by atoms with Gasteiger partial charge in [0.25, 0.3) is 0 Å². The van der Waals surface area contributed by atoms with E-state index in [1.165, 1.54) is 49.2 Å². The van der Waals surface area contributed by atoms with Crippen molar-refractivity contribution in [1.82, 2.24) is 5.32 Å². The number of hydrogen-bond donors (Lipinski definition) is 1. The van der Waals surface area contributed by atoms with Crippen LogP contribution in [0.5, 0.6) is 0 Å². The van der Waals surface area contributed by atoms with Gasteiger partial charge in [0.15, 0.2) is 0 Å². The largest absolute Gasteiger partial charge is 0.371 e. The van der Waals surface area contributed by atoms with E-state index >= 15 is 0 Å². The Morgan fingerprint density at radius 3 is 2.71 bits per heavy atom. The van der Waals surface area contributed by atoms with E-state index in [-0.39, 0.29) is 0 Å². The first-order valence-electron chi connectivity index (χ1n) is 8.52. The van der Waals surface area contributed by atoms with Gasteiger partial charge in [-0.2, -0.15) is 0 Å². The van der Waals surface area contributed by atoms with E-state index in [4.69, 9.17) is 0 Å². The summed E-state index contributed by atoms with van der Waals surface area (Å²) in [6, 6.07) is 7.53. The molecular weight excluding hydrogens is 256 g/mol. The average Bonchev–Trinajstić information content (AvgIpc) is 2.43. The van der Waals surface area contributed by atoms with Crippen LogP contribution in [0.1, 0.15) is 64.6 Å². The van der Waals surface area contributed by atoms with Crippen LogP contribution >= 0.6 is 0 Å². The molecule has 1 atom stereocenters. The fourth-order valence-corrected chi connectivity index (χ4v) is 3.09. The lowest BCUT2D eigenvalue weighted by Gasteiger charge is -2.34. The van der Waals surface area contributed by atoms with E-state index in [0.717, 1.165) is 6.54 Å². The van der Waals surface area contributed by atoms with Crippen LogP contribution < -0.4 is 10.2 Å². The molecule has 0 saturated heterocycles. The smallest absolute Gasteiger partial charge is 0.0398 e. The molecule has 2 heteroatoms. The average molecular weight is 288 g/mol. The first kappa shape index (κ1) is 16.4. The molecule has 0 spiro atoms. The molecule has 1 unspecified atom stereocenters. The number of fused-ring (bicyclic) bond motifs is 1. The maximum atomic E-state index is 3.51. The van der Waals surface area contributed by atoms with Gasteiger partial charge in [0, 0.05) is 24.8 Å². The fourth-order valence-electron chi connectivity index (χ4n) is 3.09. The highest BCUT2D eigenvalue weighted by atomic mass is 15.1.